The van der Waals surface area contributed by atoms with Crippen molar-refractivity contribution in [3.05, 3.63) is 48.0 Å². The molecule has 0 radical (unpaired) electrons. The fourth-order valence-corrected chi connectivity index (χ4v) is 2.13. The first-order valence-electron chi connectivity index (χ1n) is 6.94. The molecule has 2 rings (SSSR count). The number of ether oxygens (including phenoxy) is 3. The topological polar surface area (TPSA) is 53.7 Å². The molecule has 2 aromatic rings. The molecular formula is C17H21NO3. The van der Waals surface area contributed by atoms with Gasteiger partial charge in [0, 0.05) is 11.6 Å². The number of nitrogens with two attached hydrogens (primary N) is 1. The van der Waals surface area contributed by atoms with Gasteiger partial charge in [0.1, 0.15) is 5.75 Å². The third-order valence-corrected chi connectivity index (χ3v) is 3.35. The van der Waals surface area contributed by atoms with Crippen LogP contribution in [0.3, 0.4) is 0 Å². The third kappa shape index (κ3) is 3.28. The van der Waals surface area contributed by atoms with Gasteiger partial charge in [0.05, 0.1) is 14.2 Å². The highest BCUT2D eigenvalue weighted by atomic mass is 16.5. The van der Waals surface area contributed by atoms with E-state index < -0.39 is 0 Å². The van der Waals surface area contributed by atoms with Crippen molar-refractivity contribution in [1.29, 1.82) is 0 Å². The molecule has 0 saturated heterocycles. The summed E-state index contributed by atoms with van der Waals surface area (Å²) in [6.07, 6.45) is 0.837. The van der Waals surface area contributed by atoms with Crippen LogP contribution in [-0.2, 0) is 0 Å². The molecule has 1 atom stereocenters. The summed E-state index contributed by atoms with van der Waals surface area (Å²) in [4.78, 5) is 0. The molecule has 0 aliphatic heterocycles. The zero-order valence-electron chi connectivity index (χ0n) is 12.6. The van der Waals surface area contributed by atoms with Gasteiger partial charge in [0.25, 0.3) is 0 Å². The molecule has 21 heavy (non-hydrogen) atoms. The molecule has 0 aromatic heterocycles. The van der Waals surface area contributed by atoms with E-state index in [1.165, 1.54) is 0 Å². The van der Waals surface area contributed by atoms with Gasteiger partial charge in [0.15, 0.2) is 11.5 Å². The molecule has 0 heterocycles. The Morgan fingerprint density at radius 3 is 2.05 bits per heavy atom. The Hall–Kier alpha value is -2.20. The monoisotopic (exact) mass is 287 g/mol. The number of methoxy groups -OCH3 is 2. The number of hydrogen-bond acceptors (Lipinski definition) is 4. The zero-order valence-corrected chi connectivity index (χ0v) is 12.6. The lowest BCUT2D eigenvalue weighted by molar-refractivity contribution is 0.344. The van der Waals surface area contributed by atoms with Crippen molar-refractivity contribution in [1.82, 2.24) is 0 Å². The van der Waals surface area contributed by atoms with Crippen LogP contribution in [0, 0.1) is 0 Å². The van der Waals surface area contributed by atoms with E-state index in [4.69, 9.17) is 19.9 Å². The number of hydrogen-bond donors (Lipinski definition) is 1. The van der Waals surface area contributed by atoms with E-state index in [-0.39, 0.29) is 6.04 Å². The highest BCUT2D eigenvalue weighted by Crippen LogP contribution is 2.41. The summed E-state index contributed by atoms with van der Waals surface area (Å²) in [5.74, 6) is 2.51. The van der Waals surface area contributed by atoms with E-state index in [9.17, 15) is 0 Å². The Morgan fingerprint density at radius 1 is 0.905 bits per heavy atom. The molecular weight excluding hydrogens is 266 g/mol. The van der Waals surface area contributed by atoms with Crippen LogP contribution in [0.2, 0.25) is 0 Å². The van der Waals surface area contributed by atoms with Crippen molar-refractivity contribution in [3.8, 4) is 23.0 Å². The third-order valence-electron chi connectivity index (χ3n) is 3.35. The van der Waals surface area contributed by atoms with Gasteiger partial charge in [-0.15, -0.1) is 0 Å². The van der Waals surface area contributed by atoms with Crippen LogP contribution in [0.15, 0.2) is 42.5 Å². The fraction of sp³-hybridized carbons (Fsp3) is 0.294. The molecule has 4 nitrogen and oxygen atoms in total. The first-order valence-corrected chi connectivity index (χ1v) is 6.94. The maximum atomic E-state index is 6.15. The highest BCUT2D eigenvalue weighted by molar-refractivity contribution is 5.54. The van der Waals surface area contributed by atoms with Gasteiger partial charge in [-0.1, -0.05) is 31.2 Å². The SMILES string of the molecule is CC[C@H](N)c1ccccc1Oc1c(OC)cccc1OC. The van der Waals surface area contributed by atoms with Crippen molar-refractivity contribution >= 4 is 0 Å². The van der Waals surface area contributed by atoms with Crippen LogP contribution in [0.25, 0.3) is 0 Å². The molecule has 0 fully saturated rings. The Labute approximate surface area is 125 Å². The van der Waals surface area contributed by atoms with Crippen LogP contribution in [0.4, 0.5) is 0 Å². The van der Waals surface area contributed by atoms with Gasteiger partial charge < -0.3 is 19.9 Å². The molecule has 0 aliphatic rings. The minimum Gasteiger partial charge on any atom is -0.493 e. The zero-order chi connectivity index (χ0) is 15.2. The van der Waals surface area contributed by atoms with E-state index in [1.807, 2.05) is 49.4 Å². The van der Waals surface area contributed by atoms with Crippen molar-refractivity contribution in [2.45, 2.75) is 19.4 Å². The quantitative estimate of drug-likeness (QED) is 0.875. The molecule has 4 heteroatoms. The number of benzene rings is 2. The van der Waals surface area contributed by atoms with E-state index >= 15 is 0 Å². The normalized spacial score (nSPS) is 11.8. The predicted octanol–water partition coefficient (Wildman–Crippen LogP) is 3.91. The average molecular weight is 287 g/mol. The maximum Gasteiger partial charge on any atom is 0.211 e. The van der Waals surface area contributed by atoms with Gasteiger partial charge in [-0.05, 0) is 24.6 Å². The summed E-state index contributed by atoms with van der Waals surface area (Å²) in [5.41, 5.74) is 7.11. The Morgan fingerprint density at radius 2 is 1.48 bits per heavy atom. The molecule has 0 bridgehead atoms. The molecule has 0 spiro atoms. The van der Waals surface area contributed by atoms with E-state index in [1.54, 1.807) is 14.2 Å². The van der Waals surface area contributed by atoms with E-state index in [0.717, 1.165) is 17.7 Å². The maximum absolute atomic E-state index is 6.15. The Kier molecular flexibility index (Phi) is 5.06. The van der Waals surface area contributed by atoms with E-state index in [2.05, 4.69) is 0 Å². The summed E-state index contributed by atoms with van der Waals surface area (Å²) in [6, 6.07) is 13.2. The molecule has 112 valence electrons. The molecule has 0 unspecified atom stereocenters. The second-order valence-electron chi connectivity index (χ2n) is 4.65. The second-order valence-corrected chi connectivity index (χ2v) is 4.65. The van der Waals surface area contributed by atoms with Crippen LogP contribution in [0.5, 0.6) is 23.0 Å². The van der Waals surface area contributed by atoms with Crippen molar-refractivity contribution in [2.24, 2.45) is 5.73 Å². The molecule has 0 aliphatic carbocycles. The van der Waals surface area contributed by atoms with Gasteiger partial charge in [-0.2, -0.15) is 0 Å². The standard InChI is InChI=1S/C17H21NO3/c1-4-13(18)12-8-5-6-9-14(12)21-17-15(19-2)10-7-11-16(17)20-3/h5-11,13H,4,18H2,1-3H3/t13-/m0/s1. The van der Waals surface area contributed by atoms with Crippen molar-refractivity contribution in [3.63, 3.8) is 0 Å². The number of rotatable bonds is 6. The molecule has 0 saturated carbocycles. The first-order chi connectivity index (χ1) is 10.2. The molecule has 2 N–H and O–H groups in total. The summed E-state index contributed by atoms with van der Waals surface area (Å²) in [7, 11) is 3.20. The number of para-hydroxylation sites is 2. The van der Waals surface area contributed by atoms with Gasteiger partial charge >= 0.3 is 0 Å². The van der Waals surface area contributed by atoms with Crippen LogP contribution < -0.4 is 19.9 Å². The minimum absolute atomic E-state index is 0.0677. The predicted molar refractivity (Wildman–Crippen MR) is 83.3 cm³/mol. The lowest BCUT2D eigenvalue weighted by Crippen LogP contribution is -2.10. The smallest absolute Gasteiger partial charge is 0.211 e. The van der Waals surface area contributed by atoms with Gasteiger partial charge in [-0.25, -0.2) is 0 Å². The van der Waals surface area contributed by atoms with Crippen LogP contribution >= 0.6 is 0 Å². The summed E-state index contributed by atoms with van der Waals surface area (Å²) < 4.78 is 16.7. The van der Waals surface area contributed by atoms with Crippen molar-refractivity contribution in [2.75, 3.05) is 14.2 Å². The summed E-state index contributed by atoms with van der Waals surface area (Å²) >= 11 is 0. The second kappa shape index (κ2) is 6.99. The fourth-order valence-electron chi connectivity index (χ4n) is 2.13. The molecule has 2 aromatic carbocycles. The Bertz CT molecular complexity index is 576. The Balaban J connectivity index is 2.43. The summed E-state index contributed by atoms with van der Waals surface area (Å²) in [5, 5.41) is 0. The lowest BCUT2D eigenvalue weighted by Gasteiger charge is -2.18. The molecule has 0 amide bonds. The van der Waals surface area contributed by atoms with Crippen molar-refractivity contribution < 1.29 is 14.2 Å². The minimum atomic E-state index is -0.0677. The van der Waals surface area contributed by atoms with Crippen LogP contribution in [-0.4, -0.2) is 14.2 Å². The largest absolute Gasteiger partial charge is 0.493 e. The highest BCUT2D eigenvalue weighted by Gasteiger charge is 2.16. The average Bonchev–Trinajstić information content (AvgIpc) is 2.54. The summed E-state index contributed by atoms with van der Waals surface area (Å²) in [6.45, 7) is 2.05. The van der Waals surface area contributed by atoms with Gasteiger partial charge in [-0.3, -0.25) is 0 Å². The lowest BCUT2D eigenvalue weighted by atomic mass is 10.0. The van der Waals surface area contributed by atoms with Crippen LogP contribution in [0.1, 0.15) is 24.9 Å². The van der Waals surface area contributed by atoms with Gasteiger partial charge in [0.2, 0.25) is 5.75 Å². The first kappa shape index (κ1) is 15.2. The van der Waals surface area contributed by atoms with E-state index in [0.29, 0.717) is 17.2 Å².